The Morgan fingerprint density at radius 3 is 2.95 bits per heavy atom. The quantitative estimate of drug-likeness (QED) is 0.931. The number of hydrogen-bond acceptors (Lipinski definition) is 5. The normalized spacial score (nSPS) is 21.2. The first-order chi connectivity index (χ1) is 10.6. The highest BCUT2D eigenvalue weighted by Gasteiger charge is 2.28. The molecule has 0 bridgehead atoms. The lowest BCUT2D eigenvalue weighted by Crippen LogP contribution is -2.34. The largest absolute Gasteiger partial charge is 0.393 e. The van der Waals surface area contributed by atoms with Gasteiger partial charge in [0.2, 0.25) is 0 Å². The van der Waals surface area contributed by atoms with Crippen molar-refractivity contribution >= 4 is 28.6 Å². The molecule has 2 heterocycles. The summed E-state index contributed by atoms with van der Waals surface area (Å²) in [6.45, 7) is 2.50. The molecule has 22 heavy (non-hydrogen) atoms. The Morgan fingerprint density at radius 2 is 2.32 bits per heavy atom. The molecular weight excluding hydrogens is 316 g/mol. The van der Waals surface area contributed by atoms with Crippen molar-refractivity contribution in [3.05, 3.63) is 27.4 Å². The van der Waals surface area contributed by atoms with Crippen molar-refractivity contribution in [3.63, 3.8) is 0 Å². The van der Waals surface area contributed by atoms with Crippen LogP contribution in [-0.4, -0.2) is 40.6 Å². The monoisotopic (exact) mass is 336 g/mol. The maximum absolute atomic E-state index is 12.7. The van der Waals surface area contributed by atoms with Gasteiger partial charge in [-0.1, -0.05) is 6.42 Å². The summed E-state index contributed by atoms with van der Waals surface area (Å²) in [5.41, 5.74) is 1.86. The maximum atomic E-state index is 12.7. The molecule has 6 heteroatoms. The van der Waals surface area contributed by atoms with Gasteiger partial charge in [0.25, 0.3) is 5.91 Å². The molecule has 2 atom stereocenters. The van der Waals surface area contributed by atoms with Crippen LogP contribution in [0.25, 0.3) is 10.6 Å². The van der Waals surface area contributed by atoms with Gasteiger partial charge in [0.15, 0.2) is 0 Å². The number of nitrogens with zero attached hydrogens (tertiary/aromatic N) is 2. The van der Waals surface area contributed by atoms with Crippen molar-refractivity contribution in [1.29, 1.82) is 0 Å². The van der Waals surface area contributed by atoms with Crippen LogP contribution in [0.3, 0.4) is 0 Å². The lowest BCUT2D eigenvalue weighted by Gasteiger charge is -2.22. The van der Waals surface area contributed by atoms with E-state index in [1.807, 2.05) is 30.8 Å². The number of amides is 1. The number of aliphatic hydroxyl groups is 1. The zero-order valence-electron chi connectivity index (χ0n) is 12.8. The first-order valence-corrected chi connectivity index (χ1v) is 9.25. The molecular formula is C16H20N2O2S2. The molecule has 2 aromatic rings. The number of hydrogen-bond donors (Lipinski definition) is 1. The third-order valence-electron chi connectivity index (χ3n) is 4.23. The van der Waals surface area contributed by atoms with Crippen LogP contribution in [0, 0.1) is 12.8 Å². The predicted octanol–water partition coefficient (Wildman–Crippen LogP) is 3.41. The molecule has 0 saturated heterocycles. The van der Waals surface area contributed by atoms with Gasteiger partial charge in [-0.25, -0.2) is 4.98 Å². The smallest absolute Gasteiger partial charge is 0.265 e. The molecule has 1 aliphatic rings. The molecule has 0 spiro atoms. The highest BCUT2D eigenvalue weighted by molar-refractivity contribution is 7.17. The lowest BCUT2D eigenvalue weighted by atomic mass is 10.1. The number of aliphatic hydroxyl groups excluding tert-OH is 1. The van der Waals surface area contributed by atoms with Gasteiger partial charge in [-0.05, 0) is 31.2 Å². The molecule has 0 aliphatic heterocycles. The fourth-order valence-electron chi connectivity index (χ4n) is 2.94. The van der Waals surface area contributed by atoms with Crippen LogP contribution in [-0.2, 0) is 0 Å². The molecule has 118 valence electrons. The van der Waals surface area contributed by atoms with Crippen LogP contribution in [0.4, 0.5) is 0 Å². The van der Waals surface area contributed by atoms with Crippen molar-refractivity contribution in [2.75, 3.05) is 13.6 Å². The fraction of sp³-hybridized carbons (Fsp3) is 0.500. The van der Waals surface area contributed by atoms with Gasteiger partial charge in [-0.2, -0.15) is 11.3 Å². The molecule has 1 amide bonds. The maximum Gasteiger partial charge on any atom is 0.265 e. The average Bonchev–Trinajstić information content (AvgIpc) is 3.20. The highest BCUT2D eigenvalue weighted by Crippen LogP contribution is 2.31. The van der Waals surface area contributed by atoms with Gasteiger partial charge in [-0.15, -0.1) is 11.3 Å². The SMILES string of the molecule is Cc1nc(-c2ccsc2)sc1C(=O)N(C)CC1CCCC1O. The van der Waals surface area contributed by atoms with E-state index in [2.05, 4.69) is 4.98 Å². The van der Waals surface area contributed by atoms with Crippen LogP contribution in [0.15, 0.2) is 16.8 Å². The number of aromatic nitrogens is 1. The molecule has 1 fully saturated rings. The van der Waals surface area contributed by atoms with Crippen molar-refractivity contribution in [2.24, 2.45) is 5.92 Å². The van der Waals surface area contributed by atoms with Crippen molar-refractivity contribution in [2.45, 2.75) is 32.3 Å². The lowest BCUT2D eigenvalue weighted by molar-refractivity contribution is 0.0697. The molecule has 4 nitrogen and oxygen atoms in total. The van der Waals surface area contributed by atoms with Crippen LogP contribution in [0.5, 0.6) is 0 Å². The first kappa shape index (κ1) is 15.6. The van der Waals surface area contributed by atoms with Crippen molar-refractivity contribution in [3.8, 4) is 10.6 Å². The van der Waals surface area contributed by atoms with Crippen LogP contribution in [0.2, 0.25) is 0 Å². The second-order valence-electron chi connectivity index (χ2n) is 5.89. The topological polar surface area (TPSA) is 53.4 Å². The molecule has 3 rings (SSSR count). The fourth-order valence-corrected chi connectivity index (χ4v) is 4.72. The number of carbonyl (C=O) groups excluding carboxylic acids is 1. The summed E-state index contributed by atoms with van der Waals surface area (Å²) in [6, 6.07) is 2.02. The zero-order valence-corrected chi connectivity index (χ0v) is 14.4. The summed E-state index contributed by atoms with van der Waals surface area (Å²) in [7, 11) is 1.82. The van der Waals surface area contributed by atoms with Crippen molar-refractivity contribution in [1.82, 2.24) is 9.88 Å². The van der Waals surface area contributed by atoms with Gasteiger partial charge in [0.05, 0.1) is 11.8 Å². The van der Waals surface area contributed by atoms with E-state index in [0.29, 0.717) is 11.4 Å². The van der Waals surface area contributed by atoms with Crippen molar-refractivity contribution < 1.29 is 9.90 Å². The van der Waals surface area contributed by atoms with Gasteiger partial charge >= 0.3 is 0 Å². The summed E-state index contributed by atoms with van der Waals surface area (Å²) in [6.07, 6.45) is 2.64. The second-order valence-corrected chi connectivity index (χ2v) is 7.67. The van der Waals surface area contributed by atoms with E-state index in [-0.39, 0.29) is 17.9 Å². The van der Waals surface area contributed by atoms with E-state index < -0.39 is 0 Å². The average molecular weight is 336 g/mol. The molecule has 2 unspecified atom stereocenters. The molecule has 1 saturated carbocycles. The van der Waals surface area contributed by atoms with E-state index >= 15 is 0 Å². The van der Waals surface area contributed by atoms with Gasteiger partial charge < -0.3 is 10.0 Å². The minimum atomic E-state index is -0.265. The number of carbonyl (C=O) groups is 1. The molecule has 0 aromatic carbocycles. The van der Waals surface area contributed by atoms with Gasteiger partial charge in [0.1, 0.15) is 9.88 Å². The zero-order chi connectivity index (χ0) is 15.7. The van der Waals surface area contributed by atoms with E-state index in [9.17, 15) is 9.90 Å². The molecule has 1 aliphatic carbocycles. The third kappa shape index (κ3) is 3.09. The summed E-state index contributed by atoms with van der Waals surface area (Å²) >= 11 is 3.08. The third-order valence-corrected chi connectivity index (χ3v) is 6.11. The van der Waals surface area contributed by atoms with E-state index in [0.717, 1.165) is 35.5 Å². The Bertz CT molecular complexity index is 651. The Morgan fingerprint density at radius 1 is 1.50 bits per heavy atom. The number of thiazole rings is 1. The van der Waals surface area contributed by atoms with E-state index in [1.165, 1.54) is 11.3 Å². The van der Waals surface area contributed by atoms with Gasteiger partial charge in [-0.3, -0.25) is 4.79 Å². The van der Waals surface area contributed by atoms with Crippen LogP contribution < -0.4 is 0 Å². The van der Waals surface area contributed by atoms with E-state index in [4.69, 9.17) is 0 Å². The second kappa shape index (κ2) is 6.48. The Kier molecular flexibility index (Phi) is 4.61. The minimum absolute atomic E-state index is 0.00980. The number of thiophene rings is 1. The van der Waals surface area contributed by atoms with E-state index in [1.54, 1.807) is 16.2 Å². The number of aryl methyl sites for hydroxylation is 1. The molecule has 2 aromatic heterocycles. The highest BCUT2D eigenvalue weighted by atomic mass is 32.1. The minimum Gasteiger partial charge on any atom is -0.393 e. The molecule has 1 N–H and O–H groups in total. The number of rotatable bonds is 4. The Hall–Kier alpha value is -1.24. The molecule has 0 radical (unpaired) electrons. The van der Waals surface area contributed by atoms with Crippen LogP contribution in [0.1, 0.15) is 34.6 Å². The Labute approximate surface area is 138 Å². The Balaban J connectivity index is 1.74. The van der Waals surface area contributed by atoms with Crippen LogP contribution >= 0.6 is 22.7 Å². The first-order valence-electron chi connectivity index (χ1n) is 7.49. The van der Waals surface area contributed by atoms with Gasteiger partial charge in [0, 0.05) is 30.5 Å². The standard InChI is InChI=1S/C16H20N2O2S2/c1-10-14(22-15(17-10)12-6-7-21-9-12)16(20)18(2)8-11-4-3-5-13(11)19/h6-7,9,11,13,19H,3-5,8H2,1-2H3. The summed E-state index contributed by atoms with van der Waals surface area (Å²) in [5, 5.41) is 14.9. The summed E-state index contributed by atoms with van der Waals surface area (Å²) < 4.78 is 0. The summed E-state index contributed by atoms with van der Waals surface area (Å²) in [5.74, 6) is 0.217. The summed E-state index contributed by atoms with van der Waals surface area (Å²) in [4.78, 5) is 19.6. The predicted molar refractivity (Wildman–Crippen MR) is 90.5 cm³/mol.